The molecule has 146 valence electrons. The number of amides is 1. The van der Waals surface area contributed by atoms with Crippen LogP contribution < -0.4 is 0 Å². The van der Waals surface area contributed by atoms with Crippen LogP contribution in [0.2, 0.25) is 0 Å². The SMILES string of the molecule is CC(C)CCn1c(C2CC(=O)N(CCc3ccccc3)C2)nc2ccccc21. The van der Waals surface area contributed by atoms with Crippen molar-refractivity contribution < 1.29 is 4.79 Å². The molecule has 1 fully saturated rings. The van der Waals surface area contributed by atoms with E-state index in [2.05, 4.69) is 60.9 Å². The molecule has 1 aliphatic rings. The Kier molecular flexibility index (Phi) is 5.47. The average molecular weight is 376 g/mol. The Morgan fingerprint density at radius 1 is 1.04 bits per heavy atom. The van der Waals surface area contributed by atoms with Crippen molar-refractivity contribution in [3.8, 4) is 0 Å². The molecule has 4 nitrogen and oxygen atoms in total. The summed E-state index contributed by atoms with van der Waals surface area (Å²) in [6.45, 7) is 7.02. The quantitative estimate of drug-likeness (QED) is 0.603. The molecule has 1 aromatic heterocycles. The second-order valence-corrected chi connectivity index (χ2v) is 8.27. The van der Waals surface area contributed by atoms with Gasteiger partial charge in [-0.1, -0.05) is 56.3 Å². The number of hydrogen-bond acceptors (Lipinski definition) is 2. The third kappa shape index (κ3) is 3.96. The van der Waals surface area contributed by atoms with Crippen molar-refractivity contribution in [1.82, 2.24) is 14.5 Å². The first-order chi connectivity index (χ1) is 13.6. The average Bonchev–Trinajstić information content (AvgIpc) is 3.25. The van der Waals surface area contributed by atoms with Crippen LogP contribution in [0.25, 0.3) is 11.0 Å². The van der Waals surface area contributed by atoms with Crippen LogP contribution in [0.3, 0.4) is 0 Å². The first-order valence-corrected chi connectivity index (χ1v) is 10.4. The van der Waals surface area contributed by atoms with Gasteiger partial charge in [-0.25, -0.2) is 4.98 Å². The highest BCUT2D eigenvalue weighted by Gasteiger charge is 2.33. The molecule has 0 aliphatic carbocycles. The van der Waals surface area contributed by atoms with Gasteiger partial charge in [-0.05, 0) is 36.5 Å². The number of carbonyl (C=O) groups excluding carboxylic acids is 1. The van der Waals surface area contributed by atoms with Gasteiger partial charge >= 0.3 is 0 Å². The summed E-state index contributed by atoms with van der Waals surface area (Å²) in [7, 11) is 0. The van der Waals surface area contributed by atoms with Crippen molar-refractivity contribution in [3.05, 3.63) is 66.0 Å². The molecule has 0 bridgehead atoms. The minimum atomic E-state index is 0.183. The third-order valence-corrected chi connectivity index (χ3v) is 5.71. The lowest BCUT2D eigenvalue weighted by Gasteiger charge is -2.18. The molecule has 2 aromatic carbocycles. The van der Waals surface area contributed by atoms with Crippen LogP contribution >= 0.6 is 0 Å². The molecule has 2 heterocycles. The number of nitrogens with zero attached hydrogens (tertiary/aromatic N) is 3. The zero-order chi connectivity index (χ0) is 19.5. The van der Waals surface area contributed by atoms with Gasteiger partial charge in [0.05, 0.1) is 11.0 Å². The Bertz CT molecular complexity index is 945. The minimum Gasteiger partial charge on any atom is -0.342 e. The lowest BCUT2D eigenvalue weighted by Crippen LogP contribution is -2.27. The summed E-state index contributed by atoms with van der Waals surface area (Å²) in [5, 5.41) is 0. The van der Waals surface area contributed by atoms with Crippen LogP contribution in [0.15, 0.2) is 54.6 Å². The molecule has 4 heteroatoms. The molecular weight excluding hydrogens is 346 g/mol. The largest absolute Gasteiger partial charge is 0.342 e. The molecular formula is C24H29N3O. The maximum atomic E-state index is 12.7. The molecule has 0 spiro atoms. The highest BCUT2D eigenvalue weighted by Crippen LogP contribution is 2.31. The molecule has 1 atom stereocenters. The number of para-hydroxylation sites is 2. The summed E-state index contributed by atoms with van der Waals surface area (Å²) >= 11 is 0. The fraction of sp³-hybridized carbons (Fsp3) is 0.417. The van der Waals surface area contributed by atoms with Crippen LogP contribution in [0.1, 0.15) is 44.0 Å². The Balaban J connectivity index is 1.53. The Hall–Kier alpha value is -2.62. The zero-order valence-electron chi connectivity index (χ0n) is 16.8. The number of imidazole rings is 1. The van der Waals surface area contributed by atoms with Crippen molar-refractivity contribution in [2.24, 2.45) is 5.92 Å². The van der Waals surface area contributed by atoms with E-state index in [1.54, 1.807) is 0 Å². The number of likely N-dealkylation sites (tertiary alicyclic amines) is 1. The van der Waals surface area contributed by atoms with Gasteiger partial charge in [0, 0.05) is 32.0 Å². The summed E-state index contributed by atoms with van der Waals surface area (Å²) in [6.07, 6.45) is 2.59. The topological polar surface area (TPSA) is 38.1 Å². The summed E-state index contributed by atoms with van der Waals surface area (Å²) < 4.78 is 2.36. The van der Waals surface area contributed by atoms with Crippen molar-refractivity contribution in [3.63, 3.8) is 0 Å². The highest BCUT2D eigenvalue weighted by molar-refractivity contribution is 5.81. The van der Waals surface area contributed by atoms with Gasteiger partial charge in [0.25, 0.3) is 0 Å². The normalized spacial score (nSPS) is 17.2. The molecule has 0 radical (unpaired) electrons. The van der Waals surface area contributed by atoms with E-state index in [-0.39, 0.29) is 11.8 Å². The molecule has 1 saturated heterocycles. The van der Waals surface area contributed by atoms with Gasteiger partial charge in [0.1, 0.15) is 5.82 Å². The van der Waals surface area contributed by atoms with E-state index in [9.17, 15) is 4.79 Å². The van der Waals surface area contributed by atoms with Crippen LogP contribution in [0.4, 0.5) is 0 Å². The molecule has 0 N–H and O–H groups in total. The van der Waals surface area contributed by atoms with E-state index >= 15 is 0 Å². The molecule has 3 aromatic rings. The summed E-state index contributed by atoms with van der Waals surface area (Å²) in [4.78, 5) is 19.6. The number of aryl methyl sites for hydroxylation is 1. The number of carbonyl (C=O) groups is 1. The van der Waals surface area contributed by atoms with Crippen molar-refractivity contribution >= 4 is 16.9 Å². The monoisotopic (exact) mass is 375 g/mol. The van der Waals surface area contributed by atoms with E-state index in [1.807, 2.05) is 17.0 Å². The van der Waals surface area contributed by atoms with Gasteiger partial charge < -0.3 is 9.47 Å². The van der Waals surface area contributed by atoms with E-state index in [0.29, 0.717) is 12.3 Å². The predicted octanol–water partition coefficient (Wildman–Crippen LogP) is 4.64. The maximum absolute atomic E-state index is 12.7. The number of aromatic nitrogens is 2. The molecule has 0 saturated carbocycles. The summed E-state index contributed by atoms with van der Waals surface area (Å²) in [6, 6.07) is 18.7. The lowest BCUT2D eigenvalue weighted by atomic mass is 10.1. The number of benzene rings is 2. The van der Waals surface area contributed by atoms with E-state index in [4.69, 9.17) is 4.98 Å². The Morgan fingerprint density at radius 3 is 2.57 bits per heavy atom. The lowest BCUT2D eigenvalue weighted by molar-refractivity contribution is -0.127. The summed E-state index contributed by atoms with van der Waals surface area (Å²) in [5.74, 6) is 2.16. The smallest absolute Gasteiger partial charge is 0.223 e. The van der Waals surface area contributed by atoms with Crippen LogP contribution in [0, 0.1) is 5.92 Å². The van der Waals surface area contributed by atoms with E-state index in [1.165, 1.54) is 11.1 Å². The van der Waals surface area contributed by atoms with Crippen molar-refractivity contribution in [2.75, 3.05) is 13.1 Å². The fourth-order valence-corrected chi connectivity index (χ4v) is 4.10. The Labute approximate surface area is 167 Å². The number of rotatable bonds is 7. The fourth-order valence-electron chi connectivity index (χ4n) is 4.10. The highest BCUT2D eigenvalue weighted by atomic mass is 16.2. The molecule has 1 unspecified atom stereocenters. The predicted molar refractivity (Wildman–Crippen MR) is 113 cm³/mol. The van der Waals surface area contributed by atoms with Gasteiger partial charge in [-0.3, -0.25) is 4.79 Å². The first-order valence-electron chi connectivity index (χ1n) is 10.4. The molecule has 4 rings (SSSR count). The standard InChI is InChI=1S/C24H29N3O/c1-18(2)12-15-27-22-11-7-6-10-21(22)25-24(27)20-16-23(28)26(17-20)14-13-19-8-4-3-5-9-19/h3-11,18,20H,12-17H2,1-2H3. The van der Waals surface area contributed by atoms with Crippen LogP contribution in [-0.4, -0.2) is 33.4 Å². The second-order valence-electron chi connectivity index (χ2n) is 8.27. The van der Waals surface area contributed by atoms with E-state index in [0.717, 1.165) is 43.8 Å². The molecule has 1 amide bonds. The second kappa shape index (κ2) is 8.17. The third-order valence-electron chi connectivity index (χ3n) is 5.71. The summed E-state index contributed by atoms with van der Waals surface area (Å²) in [5.41, 5.74) is 3.51. The van der Waals surface area contributed by atoms with Crippen molar-refractivity contribution in [2.45, 2.75) is 45.6 Å². The number of hydrogen-bond donors (Lipinski definition) is 0. The number of fused-ring (bicyclic) bond motifs is 1. The van der Waals surface area contributed by atoms with Crippen molar-refractivity contribution in [1.29, 1.82) is 0 Å². The molecule has 28 heavy (non-hydrogen) atoms. The van der Waals surface area contributed by atoms with Gasteiger partial charge in [-0.2, -0.15) is 0 Å². The zero-order valence-corrected chi connectivity index (χ0v) is 16.8. The van der Waals surface area contributed by atoms with E-state index < -0.39 is 0 Å². The minimum absolute atomic E-state index is 0.183. The maximum Gasteiger partial charge on any atom is 0.223 e. The first kappa shape index (κ1) is 18.7. The van der Waals surface area contributed by atoms with Gasteiger partial charge in [-0.15, -0.1) is 0 Å². The Morgan fingerprint density at radius 2 is 1.79 bits per heavy atom. The van der Waals surface area contributed by atoms with Crippen LogP contribution in [0.5, 0.6) is 0 Å². The molecule has 1 aliphatic heterocycles. The van der Waals surface area contributed by atoms with Crippen LogP contribution in [-0.2, 0) is 17.8 Å². The van der Waals surface area contributed by atoms with Gasteiger partial charge in [0.15, 0.2) is 0 Å². The van der Waals surface area contributed by atoms with Gasteiger partial charge in [0.2, 0.25) is 5.91 Å².